The molecule has 0 amide bonds. The quantitative estimate of drug-likeness (QED) is 0.720. The second-order valence-corrected chi connectivity index (χ2v) is 6.48. The Kier molecular flexibility index (Phi) is 3.28. The highest BCUT2D eigenvalue weighted by atomic mass is 16.3. The van der Waals surface area contributed by atoms with E-state index in [1.165, 1.54) is 23.8 Å². The number of fused-ring (bicyclic) bond motifs is 1. The molecule has 3 nitrogen and oxygen atoms in total. The molecule has 0 spiro atoms. The Morgan fingerprint density at radius 3 is 2.27 bits per heavy atom. The van der Waals surface area contributed by atoms with Gasteiger partial charge >= 0.3 is 0 Å². The number of hydrogen-bond donors (Lipinski definition) is 1. The molecule has 1 N–H and O–H groups in total. The fraction of sp³-hybridized carbons (Fsp3) is 0.211. The number of phenolic OH excluding ortho intramolecular Hbond substituents is 1. The highest BCUT2D eigenvalue weighted by Crippen LogP contribution is 2.27. The lowest BCUT2D eigenvalue weighted by molar-refractivity contribution is 0.475. The fourth-order valence-electron chi connectivity index (χ4n) is 2.42. The van der Waals surface area contributed by atoms with Gasteiger partial charge in [-0.1, -0.05) is 45.0 Å². The van der Waals surface area contributed by atoms with Crippen LogP contribution in [0.2, 0.25) is 0 Å². The molecule has 3 rings (SSSR count). The molecule has 112 valence electrons. The summed E-state index contributed by atoms with van der Waals surface area (Å²) in [6.45, 7) is 6.47. The van der Waals surface area contributed by atoms with Gasteiger partial charge in [0.1, 0.15) is 17.1 Å². The van der Waals surface area contributed by atoms with Crippen LogP contribution >= 0.6 is 0 Å². The van der Waals surface area contributed by atoms with Crippen molar-refractivity contribution in [1.29, 1.82) is 0 Å². The standard InChI is InChI=1S/C19H18O3/c1-19(2,3)13-6-4-12(5-7-13)18-11-16(21)15-10-14(20)8-9-17(15)22-18/h4-11,20H,1-3H3. The van der Waals surface area contributed by atoms with Gasteiger partial charge in [-0.25, -0.2) is 0 Å². The minimum absolute atomic E-state index is 0.0575. The highest BCUT2D eigenvalue weighted by molar-refractivity contribution is 5.80. The number of phenols is 1. The molecule has 0 bridgehead atoms. The molecule has 3 heteroatoms. The van der Waals surface area contributed by atoms with E-state index in [0.29, 0.717) is 16.7 Å². The topological polar surface area (TPSA) is 50.4 Å². The van der Waals surface area contributed by atoms with Crippen LogP contribution in [0.4, 0.5) is 0 Å². The molecule has 0 saturated heterocycles. The minimum Gasteiger partial charge on any atom is -0.508 e. The number of benzene rings is 2. The Labute approximate surface area is 128 Å². The first-order valence-corrected chi connectivity index (χ1v) is 7.22. The third kappa shape index (κ3) is 2.62. The molecule has 1 aromatic heterocycles. The lowest BCUT2D eigenvalue weighted by Crippen LogP contribution is -2.10. The zero-order chi connectivity index (χ0) is 15.9. The third-order valence-electron chi connectivity index (χ3n) is 3.75. The van der Waals surface area contributed by atoms with E-state index in [4.69, 9.17) is 4.42 Å². The molecule has 0 saturated carbocycles. The van der Waals surface area contributed by atoms with Crippen molar-refractivity contribution in [3.8, 4) is 17.1 Å². The highest BCUT2D eigenvalue weighted by Gasteiger charge is 2.14. The van der Waals surface area contributed by atoms with Gasteiger partial charge in [-0.2, -0.15) is 0 Å². The van der Waals surface area contributed by atoms with Gasteiger partial charge in [0.2, 0.25) is 0 Å². The van der Waals surface area contributed by atoms with Gasteiger partial charge in [-0.05, 0) is 29.2 Å². The average molecular weight is 294 g/mol. The number of rotatable bonds is 1. The van der Waals surface area contributed by atoms with E-state index >= 15 is 0 Å². The molecule has 0 aliphatic rings. The van der Waals surface area contributed by atoms with Crippen molar-refractivity contribution in [1.82, 2.24) is 0 Å². The number of hydrogen-bond acceptors (Lipinski definition) is 3. The Hall–Kier alpha value is -2.55. The molecule has 0 atom stereocenters. The van der Waals surface area contributed by atoms with Crippen LogP contribution < -0.4 is 5.43 Å². The van der Waals surface area contributed by atoms with Gasteiger partial charge in [0.15, 0.2) is 5.43 Å². The Morgan fingerprint density at radius 1 is 0.955 bits per heavy atom. The summed E-state index contributed by atoms with van der Waals surface area (Å²) in [5.74, 6) is 0.589. The van der Waals surface area contributed by atoms with Crippen LogP contribution in [-0.4, -0.2) is 5.11 Å². The smallest absolute Gasteiger partial charge is 0.193 e. The van der Waals surface area contributed by atoms with Crippen LogP contribution in [0.1, 0.15) is 26.3 Å². The molecule has 0 aliphatic carbocycles. The van der Waals surface area contributed by atoms with Gasteiger partial charge in [0.25, 0.3) is 0 Å². The summed E-state index contributed by atoms with van der Waals surface area (Å²) >= 11 is 0. The predicted molar refractivity (Wildman–Crippen MR) is 88.3 cm³/mol. The average Bonchev–Trinajstić information content (AvgIpc) is 2.47. The Balaban J connectivity index is 2.11. The van der Waals surface area contributed by atoms with Crippen molar-refractivity contribution in [2.45, 2.75) is 26.2 Å². The monoisotopic (exact) mass is 294 g/mol. The zero-order valence-electron chi connectivity index (χ0n) is 12.9. The summed E-state index contributed by atoms with van der Waals surface area (Å²) in [4.78, 5) is 12.2. The van der Waals surface area contributed by atoms with Crippen molar-refractivity contribution >= 4 is 11.0 Å². The first-order chi connectivity index (χ1) is 10.3. The van der Waals surface area contributed by atoms with Crippen LogP contribution in [0.5, 0.6) is 5.75 Å². The van der Waals surface area contributed by atoms with E-state index in [9.17, 15) is 9.90 Å². The van der Waals surface area contributed by atoms with E-state index in [-0.39, 0.29) is 16.6 Å². The summed E-state index contributed by atoms with van der Waals surface area (Å²) in [5, 5.41) is 9.85. The van der Waals surface area contributed by atoms with E-state index in [0.717, 1.165) is 5.56 Å². The van der Waals surface area contributed by atoms with Crippen LogP contribution in [0.25, 0.3) is 22.3 Å². The van der Waals surface area contributed by atoms with E-state index < -0.39 is 0 Å². The minimum atomic E-state index is -0.160. The number of aromatic hydroxyl groups is 1. The largest absolute Gasteiger partial charge is 0.508 e. The van der Waals surface area contributed by atoms with Gasteiger partial charge in [0, 0.05) is 11.6 Å². The molecule has 2 aromatic carbocycles. The molecule has 0 radical (unpaired) electrons. The first kappa shape index (κ1) is 14.4. The van der Waals surface area contributed by atoms with Crippen molar-refractivity contribution in [3.63, 3.8) is 0 Å². The maximum atomic E-state index is 12.2. The summed E-state index contributed by atoms with van der Waals surface area (Å²) in [7, 11) is 0. The van der Waals surface area contributed by atoms with Crippen molar-refractivity contribution in [3.05, 3.63) is 64.3 Å². The molecular formula is C19H18O3. The van der Waals surface area contributed by atoms with Gasteiger partial charge in [-0.15, -0.1) is 0 Å². The van der Waals surface area contributed by atoms with E-state index in [1.54, 1.807) is 6.07 Å². The molecule has 1 heterocycles. The van der Waals surface area contributed by atoms with Crippen molar-refractivity contribution in [2.75, 3.05) is 0 Å². The predicted octanol–water partition coefficient (Wildman–Crippen LogP) is 4.46. The first-order valence-electron chi connectivity index (χ1n) is 7.22. The molecule has 0 unspecified atom stereocenters. The molecule has 0 aliphatic heterocycles. The maximum absolute atomic E-state index is 12.2. The van der Waals surface area contributed by atoms with Crippen LogP contribution in [-0.2, 0) is 5.41 Å². The second-order valence-electron chi connectivity index (χ2n) is 6.48. The molecule has 3 aromatic rings. The van der Waals surface area contributed by atoms with Crippen molar-refractivity contribution < 1.29 is 9.52 Å². The Morgan fingerprint density at radius 2 is 1.64 bits per heavy atom. The molecule has 22 heavy (non-hydrogen) atoms. The second kappa shape index (κ2) is 5.02. The van der Waals surface area contributed by atoms with E-state index in [2.05, 4.69) is 32.9 Å². The summed E-state index contributed by atoms with van der Waals surface area (Å²) in [6.07, 6.45) is 0. The van der Waals surface area contributed by atoms with Crippen molar-refractivity contribution in [2.24, 2.45) is 0 Å². The Bertz CT molecular complexity index is 881. The molecule has 0 fully saturated rings. The summed E-state index contributed by atoms with van der Waals surface area (Å²) in [6, 6.07) is 14.0. The van der Waals surface area contributed by atoms with E-state index in [1.807, 2.05) is 12.1 Å². The zero-order valence-corrected chi connectivity index (χ0v) is 12.9. The van der Waals surface area contributed by atoms with Crippen LogP contribution in [0.15, 0.2) is 57.7 Å². The lowest BCUT2D eigenvalue weighted by atomic mass is 9.86. The molecular weight excluding hydrogens is 276 g/mol. The summed E-state index contributed by atoms with van der Waals surface area (Å²) < 4.78 is 5.80. The lowest BCUT2D eigenvalue weighted by Gasteiger charge is -2.19. The van der Waals surface area contributed by atoms with Gasteiger partial charge in [-0.3, -0.25) is 4.79 Å². The third-order valence-corrected chi connectivity index (χ3v) is 3.75. The summed E-state index contributed by atoms with van der Waals surface area (Å²) in [5.41, 5.74) is 2.48. The van der Waals surface area contributed by atoms with Crippen LogP contribution in [0, 0.1) is 0 Å². The van der Waals surface area contributed by atoms with Crippen LogP contribution in [0.3, 0.4) is 0 Å². The van der Waals surface area contributed by atoms with Gasteiger partial charge < -0.3 is 9.52 Å². The normalized spacial score (nSPS) is 11.8. The fourth-order valence-corrected chi connectivity index (χ4v) is 2.42. The maximum Gasteiger partial charge on any atom is 0.193 e. The van der Waals surface area contributed by atoms with Gasteiger partial charge in [0.05, 0.1) is 5.39 Å². The SMILES string of the molecule is CC(C)(C)c1ccc(-c2cc(=O)c3cc(O)ccc3o2)cc1.